The number of para-hydroxylation sites is 1. The van der Waals surface area contributed by atoms with E-state index in [0.717, 1.165) is 32.1 Å². The molecule has 1 aliphatic carbocycles. The molecular weight excluding hydrogens is 466 g/mol. The number of nitrogens with one attached hydrogen (secondary N) is 1. The third-order valence-corrected chi connectivity index (χ3v) is 6.63. The lowest BCUT2D eigenvalue weighted by molar-refractivity contribution is -0.123. The third kappa shape index (κ3) is 6.23. The van der Waals surface area contributed by atoms with E-state index in [1.54, 1.807) is 48.7 Å². The fraction of sp³-hybridized carbons (Fsp3) is 0.333. The van der Waals surface area contributed by atoms with Crippen LogP contribution >= 0.6 is 0 Å². The molecule has 1 N–H and O–H groups in total. The lowest BCUT2D eigenvalue weighted by atomic mass is 9.94. The molecular formula is C30H33N3O4. The summed E-state index contributed by atoms with van der Waals surface area (Å²) in [4.78, 5) is 45.7. The number of benzene rings is 2. The minimum absolute atomic E-state index is 0.0508. The molecule has 4 rings (SSSR count). The monoisotopic (exact) mass is 499 g/mol. The van der Waals surface area contributed by atoms with E-state index in [4.69, 9.17) is 4.74 Å². The van der Waals surface area contributed by atoms with Crippen LogP contribution in [-0.4, -0.2) is 35.2 Å². The topological polar surface area (TPSA) is 88.6 Å². The first-order valence-corrected chi connectivity index (χ1v) is 12.9. The smallest absolute Gasteiger partial charge is 0.277 e. The maximum Gasteiger partial charge on any atom is 0.277 e. The summed E-state index contributed by atoms with van der Waals surface area (Å²) in [6.45, 7) is 3.78. The number of ketones is 1. The quantitative estimate of drug-likeness (QED) is 0.392. The number of carbonyl (C=O) groups is 3. The summed E-state index contributed by atoms with van der Waals surface area (Å²) in [6, 6.07) is 18.2. The van der Waals surface area contributed by atoms with Gasteiger partial charge in [0.25, 0.3) is 5.91 Å². The van der Waals surface area contributed by atoms with Crippen LogP contribution in [0.2, 0.25) is 0 Å². The molecule has 0 radical (unpaired) electrons. The highest BCUT2D eigenvalue weighted by molar-refractivity contribution is 6.09. The minimum atomic E-state index is -1.01. The predicted octanol–water partition coefficient (Wildman–Crippen LogP) is 5.52. The first kappa shape index (κ1) is 26.1. The van der Waals surface area contributed by atoms with Crippen molar-refractivity contribution in [2.75, 3.05) is 11.5 Å². The molecule has 7 nitrogen and oxygen atoms in total. The summed E-state index contributed by atoms with van der Waals surface area (Å²) < 4.78 is 5.90. The van der Waals surface area contributed by atoms with Gasteiger partial charge in [-0.3, -0.25) is 24.3 Å². The molecule has 37 heavy (non-hydrogen) atoms. The lowest BCUT2D eigenvalue weighted by Crippen LogP contribution is -2.47. The Bertz CT molecular complexity index is 1220. The van der Waals surface area contributed by atoms with E-state index in [9.17, 15) is 14.4 Å². The molecule has 2 amide bonds. The van der Waals surface area contributed by atoms with Gasteiger partial charge in [0.1, 0.15) is 17.5 Å². The van der Waals surface area contributed by atoms with Gasteiger partial charge >= 0.3 is 0 Å². The fourth-order valence-corrected chi connectivity index (χ4v) is 4.77. The molecule has 7 heteroatoms. The zero-order valence-electron chi connectivity index (χ0n) is 21.4. The molecule has 0 saturated heterocycles. The molecule has 1 saturated carbocycles. The van der Waals surface area contributed by atoms with Gasteiger partial charge in [-0.25, -0.2) is 0 Å². The number of rotatable bonds is 9. The van der Waals surface area contributed by atoms with Crippen molar-refractivity contribution in [3.05, 3.63) is 89.7 Å². The first-order chi connectivity index (χ1) is 18.0. The van der Waals surface area contributed by atoms with E-state index < -0.39 is 11.9 Å². The van der Waals surface area contributed by atoms with Gasteiger partial charge in [0.15, 0.2) is 5.78 Å². The molecule has 2 aromatic carbocycles. The van der Waals surface area contributed by atoms with Gasteiger partial charge in [-0.05, 0) is 69.2 Å². The van der Waals surface area contributed by atoms with Gasteiger partial charge in [-0.1, -0.05) is 43.5 Å². The molecule has 1 fully saturated rings. The van der Waals surface area contributed by atoms with Gasteiger partial charge < -0.3 is 10.1 Å². The number of amides is 2. The normalized spacial score (nSPS) is 14.4. The number of Topliss-reactive ketones (excluding diaryl/α,β-unsaturated/α-hetero) is 1. The average Bonchev–Trinajstić information content (AvgIpc) is 2.93. The summed E-state index contributed by atoms with van der Waals surface area (Å²) in [5.41, 5.74) is 1.79. The van der Waals surface area contributed by atoms with Gasteiger partial charge in [0.2, 0.25) is 5.91 Å². The number of hydrogen-bond acceptors (Lipinski definition) is 5. The van der Waals surface area contributed by atoms with E-state index in [-0.39, 0.29) is 23.4 Å². The fourth-order valence-electron chi connectivity index (χ4n) is 4.77. The van der Waals surface area contributed by atoms with Crippen LogP contribution in [0.25, 0.3) is 0 Å². The van der Waals surface area contributed by atoms with Gasteiger partial charge in [0, 0.05) is 29.1 Å². The van der Waals surface area contributed by atoms with Crippen molar-refractivity contribution in [3.63, 3.8) is 0 Å². The number of ether oxygens (including phenoxy) is 1. The van der Waals surface area contributed by atoms with Crippen molar-refractivity contribution in [2.45, 2.75) is 58.0 Å². The summed E-state index contributed by atoms with van der Waals surface area (Å²) in [5, 5.41) is 3.21. The van der Waals surface area contributed by atoms with E-state index in [2.05, 4.69) is 10.3 Å². The van der Waals surface area contributed by atoms with Crippen LogP contribution in [0.15, 0.2) is 72.9 Å². The predicted molar refractivity (Wildman–Crippen MR) is 143 cm³/mol. The highest BCUT2D eigenvalue weighted by Crippen LogP contribution is 2.35. The molecule has 0 aliphatic heterocycles. The molecule has 1 heterocycles. The van der Waals surface area contributed by atoms with Crippen LogP contribution in [0, 0.1) is 0 Å². The number of aromatic nitrogens is 1. The Morgan fingerprint density at radius 3 is 2.32 bits per heavy atom. The van der Waals surface area contributed by atoms with Gasteiger partial charge in [-0.15, -0.1) is 0 Å². The molecule has 0 unspecified atom stereocenters. The van der Waals surface area contributed by atoms with Crippen LogP contribution in [0.3, 0.4) is 0 Å². The summed E-state index contributed by atoms with van der Waals surface area (Å²) in [6.07, 6.45) is 6.66. The highest BCUT2D eigenvalue weighted by atomic mass is 16.5. The molecule has 0 bridgehead atoms. The number of nitrogens with zero attached hydrogens (tertiary/aromatic N) is 2. The summed E-state index contributed by atoms with van der Waals surface area (Å²) in [5.74, 6) is -0.249. The second kappa shape index (κ2) is 12.3. The van der Waals surface area contributed by atoms with Crippen LogP contribution in [0.4, 0.5) is 5.69 Å². The van der Waals surface area contributed by atoms with Crippen molar-refractivity contribution in [1.82, 2.24) is 10.3 Å². The Kier molecular flexibility index (Phi) is 8.67. The van der Waals surface area contributed by atoms with Crippen LogP contribution in [0.1, 0.15) is 78.4 Å². The van der Waals surface area contributed by atoms with Crippen molar-refractivity contribution in [2.24, 2.45) is 0 Å². The Hall–Kier alpha value is -4.00. The number of carbonyl (C=O) groups excluding carboxylic acids is 3. The number of pyridine rings is 1. The number of anilines is 1. The van der Waals surface area contributed by atoms with E-state index in [0.29, 0.717) is 29.2 Å². The standard InChI is InChI=1S/C30H33N3O4/c1-3-37-27-15-8-7-13-25(27)28(29(35)32-23-11-5-4-6-12-23)33(30(36)26-14-9-10-20-31-26)24-18-16-22(17-19-24)21(2)34/h7-10,13-20,23,28H,3-6,11-12H2,1-2H3,(H,32,35)/t28-/m0/s1. The molecule has 1 atom stereocenters. The zero-order valence-corrected chi connectivity index (χ0v) is 21.4. The van der Waals surface area contributed by atoms with Gasteiger partial charge in [0.05, 0.1) is 6.61 Å². The largest absolute Gasteiger partial charge is 0.493 e. The Balaban J connectivity index is 1.85. The molecule has 192 valence electrons. The zero-order chi connectivity index (χ0) is 26.2. The third-order valence-electron chi connectivity index (χ3n) is 6.63. The lowest BCUT2D eigenvalue weighted by Gasteiger charge is -2.34. The molecule has 1 aromatic heterocycles. The van der Waals surface area contributed by atoms with E-state index in [1.807, 2.05) is 31.2 Å². The minimum Gasteiger partial charge on any atom is -0.493 e. The van der Waals surface area contributed by atoms with Crippen molar-refractivity contribution in [1.29, 1.82) is 0 Å². The highest BCUT2D eigenvalue weighted by Gasteiger charge is 2.36. The first-order valence-electron chi connectivity index (χ1n) is 12.9. The summed E-state index contributed by atoms with van der Waals surface area (Å²) in [7, 11) is 0. The van der Waals surface area contributed by atoms with Gasteiger partial charge in [-0.2, -0.15) is 0 Å². The average molecular weight is 500 g/mol. The van der Waals surface area contributed by atoms with Crippen LogP contribution in [0.5, 0.6) is 5.75 Å². The molecule has 0 spiro atoms. The Morgan fingerprint density at radius 2 is 1.68 bits per heavy atom. The van der Waals surface area contributed by atoms with E-state index >= 15 is 0 Å². The second-order valence-electron chi connectivity index (χ2n) is 9.21. The Labute approximate surface area is 217 Å². The van der Waals surface area contributed by atoms with Crippen molar-refractivity contribution < 1.29 is 19.1 Å². The van der Waals surface area contributed by atoms with E-state index in [1.165, 1.54) is 11.8 Å². The number of hydrogen-bond donors (Lipinski definition) is 1. The van der Waals surface area contributed by atoms with Crippen LogP contribution in [-0.2, 0) is 4.79 Å². The van der Waals surface area contributed by atoms with Crippen molar-refractivity contribution >= 4 is 23.3 Å². The molecule has 3 aromatic rings. The molecule has 1 aliphatic rings. The van der Waals surface area contributed by atoms with Crippen LogP contribution < -0.4 is 15.0 Å². The maximum atomic E-state index is 14.1. The maximum absolute atomic E-state index is 14.1. The second-order valence-corrected chi connectivity index (χ2v) is 9.21. The van der Waals surface area contributed by atoms with Crippen molar-refractivity contribution in [3.8, 4) is 5.75 Å². The Morgan fingerprint density at radius 1 is 0.973 bits per heavy atom. The SMILES string of the molecule is CCOc1ccccc1[C@@H](C(=O)NC1CCCCC1)N(C(=O)c1ccccn1)c1ccc(C(C)=O)cc1. The summed E-state index contributed by atoms with van der Waals surface area (Å²) >= 11 is 0.